The highest BCUT2D eigenvalue weighted by Gasteiger charge is 2.22. The van der Waals surface area contributed by atoms with Crippen LogP contribution in [0.5, 0.6) is 0 Å². The van der Waals surface area contributed by atoms with Crippen molar-refractivity contribution in [2.75, 3.05) is 0 Å². The van der Waals surface area contributed by atoms with Gasteiger partial charge >= 0.3 is 0 Å². The second-order valence-electron chi connectivity index (χ2n) is 6.00. The molecule has 1 atom stereocenters. The molecular formula is C17H21N5O2. The molecule has 24 heavy (non-hydrogen) atoms. The van der Waals surface area contributed by atoms with Crippen molar-refractivity contribution in [3.8, 4) is 0 Å². The van der Waals surface area contributed by atoms with Crippen LogP contribution in [0.4, 0.5) is 0 Å². The van der Waals surface area contributed by atoms with E-state index in [0.29, 0.717) is 25.9 Å². The van der Waals surface area contributed by atoms with Crippen LogP contribution in [0, 0.1) is 0 Å². The number of carbonyl (C=O) groups excluding carboxylic acids is 2. The van der Waals surface area contributed by atoms with E-state index in [1.54, 1.807) is 11.0 Å². The summed E-state index contributed by atoms with van der Waals surface area (Å²) in [5, 5.41) is 9.79. The third-order valence-electron chi connectivity index (χ3n) is 4.07. The molecule has 0 spiro atoms. The van der Waals surface area contributed by atoms with E-state index >= 15 is 0 Å². The number of hydrogen-bond acceptors (Lipinski definition) is 4. The van der Waals surface area contributed by atoms with E-state index in [0.717, 1.165) is 24.0 Å². The van der Waals surface area contributed by atoms with Crippen LogP contribution in [-0.4, -0.2) is 32.6 Å². The van der Waals surface area contributed by atoms with Crippen molar-refractivity contribution in [3.63, 3.8) is 0 Å². The first-order chi connectivity index (χ1) is 11.7. The van der Waals surface area contributed by atoms with Crippen molar-refractivity contribution in [1.82, 2.24) is 25.4 Å². The fourth-order valence-electron chi connectivity index (χ4n) is 2.82. The van der Waals surface area contributed by atoms with E-state index in [4.69, 9.17) is 0 Å². The minimum absolute atomic E-state index is 0.0394. The normalized spacial score (nSPS) is 17.8. The topological polar surface area (TPSA) is 88.9 Å². The number of hydrogen-bond donors (Lipinski definition) is 2. The number of amides is 2. The minimum Gasteiger partial charge on any atom is -0.350 e. The number of nitrogens with one attached hydrogen (secondary N) is 2. The largest absolute Gasteiger partial charge is 0.350 e. The zero-order valence-electron chi connectivity index (χ0n) is 13.4. The Bertz CT molecular complexity index is 699. The number of aromatic nitrogens is 3. The number of rotatable bonds is 5. The third kappa shape index (κ3) is 4.41. The second-order valence-corrected chi connectivity index (χ2v) is 6.00. The molecular weight excluding hydrogens is 306 g/mol. The summed E-state index contributed by atoms with van der Waals surface area (Å²) in [7, 11) is 0. The van der Waals surface area contributed by atoms with Gasteiger partial charge in [0.2, 0.25) is 11.8 Å². The Morgan fingerprint density at radius 3 is 3.04 bits per heavy atom. The van der Waals surface area contributed by atoms with Gasteiger partial charge in [-0.2, -0.15) is 5.10 Å². The van der Waals surface area contributed by atoms with Crippen molar-refractivity contribution in [3.05, 3.63) is 48.0 Å². The molecule has 1 unspecified atom stereocenters. The van der Waals surface area contributed by atoms with Gasteiger partial charge in [-0.05, 0) is 24.0 Å². The number of carbonyl (C=O) groups is 2. The molecule has 2 N–H and O–H groups in total. The molecule has 7 nitrogen and oxygen atoms in total. The SMILES string of the molecule is O=C1CCCCC(C(=O)NCc2cccc(Cn3cncn3)c2)N1. The van der Waals surface area contributed by atoms with Crippen molar-refractivity contribution in [2.24, 2.45) is 0 Å². The van der Waals surface area contributed by atoms with E-state index in [-0.39, 0.29) is 11.8 Å². The Kier molecular flexibility index (Phi) is 5.20. The summed E-state index contributed by atoms with van der Waals surface area (Å²) in [5.41, 5.74) is 2.11. The summed E-state index contributed by atoms with van der Waals surface area (Å²) in [6.07, 6.45) is 6.12. The Labute approximate surface area is 140 Å². The van der Waals surface area contributed by atoms with Crippen LogP contribution in [0.25, 0.3) is 0 Å². The van der Waals surface area contributed by atoms with E-state index in [1.165, 1.54) is 6.33 Å². The Balaban J connectivity index is 1.56. The Morgan fingerprint density at radius 1 is 1.33 bits per heavy atom. The van der Waals surface area contributed by atoms with Crippen LogP contribution >= 0.6 is 0 Å². The van der Waals surface area contributed by atoms with Gasteiger partial charge in [0.1, 0.15) is 18.7 Å². The molecule has 2 amide bonds. The van der Waals surface area contributed by atoms with Crippen LogP contribution < -0.4 is 10.6 Å². The van der Waals surface area contributed by atoms with Gasteiger partial charge in [0.05, 0.1) is 6.54 Å². The lowest BCUT2D eigenvalue weighted by Crippen LogP contribution is -2.45. The molecule has 0 radical (unpaired) electrons. The second kappa shape index (κ2) is 7.72. The highest BCUT2D eigenvalue weighted by Crippen LogP contribution is 2.10. The number of benzene rings is 1. The molecule has 1 saturated heterocycles. The molecule has 1 aromatic heterocycles. The molecule has 1 aliphatic heterocycles. The van der Waals surface area contributed by atoms with E-state index in [9.17, 15) is 9.59 Å². The summed E-state index contributed by atoms with van der Waals surface area (Å²) in [5.74, 6) is -0.158. The molecule has 0 aliphatic carbocycles. The van der Waals surface area contributed by atoms with Gasteiger partial charge in [0.25, 0.3) is 0 Å². The highest BCUT2D eigenvalue weighted by atomic mass is 16.2. The van der Waals surface area contributed by atoms with Gasteiger partial charge in [-0.3, -0.25) is 9.59 Å². The van der Waals surface area contributed by atoms with Crippen molar-refractivity contribution in [1.29, 1.82) is 0 Å². The molecule has 3 rings (SSSR count). The molecule has 2 heterocycles. The van der Waals surface area contributed by atoms with E-state index in [1.807, 2.05) is 24.3 Å². The lowest BCUT2D eigenvalue weighted by Gasteiger charge is -2.16. The van der Waals surface area contributed by atoms with Crippen molar-refractivity contribution < 1.29 is 9.59 Å². The third-order valence-corrected chi connectivity index (χ3v) is 4.07. The molecule has 1 aliphatic rings. The van der Waals surface area contributed by atoms with Crippen molar-refractivity contribution >= 4 is 11.8 Å². The van der Waals surface area contributed by atoms with Gasteiger partial charge in [-0.25, -0.2) is 9.67 Å². The molecule has 0 saturated carbocycles. The average Bonchev–Trinajstić information content (AvgIpc) is 2.99. The monoisotopic (exact) mass is 327 g/mol. The van der Waals surface area contributed by atoms with Gasteiger partial charge in [0.15, 0.2) is 0 Å². The molecule has 126 valence electrons. The highest BCUT2D eigenvalue weighted by molar-refractivity contribution is 5.87. The van der Waals surface area contributed by atoms with Crippen LogP contribution in [-0.2, 0) is 22.7 Å². The summed E-state index contributed by atoms with van der Waals surface area (Å²) >= 11 is 0. The van der Waals surface area contributed by atoms with Crippen LogP contribution in [0.1, 0.15) is 36.8 Å². The van der Waals surface area contributed by atoms with Crippen molar-refractivity contribution in [2.45, 2.75) is 44.8 Å². The lowest BCUT2D eigenvalue weighted by molar-refractivity contribution is -0.128. The molecule has 1 fully saturated rings. The number of nitrogens with zero attached hydrogens (tertiary/aromatic N) is 3. The summed E-state index contributed by atoms with van der Waals surface area (Å²) in [4.78, 5) is 27.8. The first kappa shape index (κ1) is 16.2. The maximum absolute atomic E-state index is 12.3. The average molecular weight is 327 g/mol. The first-order valence-corrected chi connectivity index (χ1v) is 8.18. The molecule has 1 aromatic carbocycles. The molecule has 0 bridgehead atoms. The maximum Gasteiger partial charge on any atom is 0.242 e. The predicted molar refractivity (Wildman–Crippen MR) is 87.8 cm³/mol. The van der Waals surface area contributed by atoms with E-state index in [2.05, 4.69) is 20.7 Å². The smallest absolute Gasteiger partial charge is 0.242 e. The Morgan fingerprint density at radius 2 is 2.21 bits per heavy atom. The lowest BCUT2D eigenvalue weighted by atomic mass is 10.1. The fraction of sp³-hybridized carbons (Fsp3) is 0.412. The van der Waals surface area contributed by atoms with Gasteiger partial charge < -0.3 is 10.6 Å². The quantitative estimate of drug-likeness (QED) is 0.857. The van der Waals surface area contributed by atoms with Crippen LogP contribution in [0.15, 0.2) is 36.9 Å². The predicted octanol–water partition coefficient (Wildman–Crippen LogP) is 1.00. The van der Waals surface area contributed by atoms with Crippen LogP contribution in [0.2, 0.25) is 0 Å². The molecule has 7 heteroatoms. The standard InChI is InChI=1S/C17H21N5O2/c23-16-7-2-1-6-15(21-16)17(24)19-9-13-4-3-5-14(8-13)10-22-12-18-11-20-22/h3-5,8,11-12,15H,1-2,6-7,9-10H2,(H,19,24)(H,21,23). The zero-order chi connectivity index (χ0) is 16.8. The van der Waals surface area contributed by atoms with Gasteiger partial charge in [-0.1, -0.05) is 30.7 Å². The Hall–Kier alpha value is -2.70. The minimum atomic E-state index is -0.418. The summed E-state index contributed by atoms with van der Waals surface area (Å²) < 4.78 is 1.75. The van der Waals surface area contributed by atoms with Gasteiger partial charge in [-0.15, -0.1) is 0 Å². The van der Waals surface area contributed by atoms with Crippen LogP contribution in [0.3, 0.4) is 0 Å². The zero-order valence-corrected chi connectivity index (χ0v) is 13.4. The first-order valence-electron chi connectivity index (χ1n) is 8.18. The maximum atomic E-state index is 12.3. The fourth-order valence-corrected chi connectivity index (χ4v) is 2.82. The molecule has 2 aromatic rings. The van der Waals surface area contributed by atoms with E-state index < -0.39 is 6.04 Å². The van der Waals surface area contributed by atoms with Gasteiger partial charge in [0, 0.05) is 13.0 Å². The summed E-state index contributed by atoms with van der Waals surface area (Å²) in [6.45, 7) is 1.08. The summed E-state index contributed by atoms with van der Waals surface area (Å²) in [6, 6.07) is 7.56.